The molecule has 0 spiro atoms. The Morgan fingerprint density at radius 1 is 1.50 bits per heavy atom. The summed E-state index contributed by atoms with van der Waals surface area (Å²) in [5.41, 5.74) is 0.499. The molecule has 1 atom stereocenters. The first-order valence-corrected chi connectivity index (χ1v) is 6.53. The number of hydrogen-bond donors (Lipinski definition) is 0. The monoisotopic (exact) mass is 249 g/mol. The largest absolute Gasteiger partial charge is 0.489 e. The molecule has 1 aliphatic rings. The molecule has 98 valence electrons. The zero-order valence-electron chi connectivity index (χ0n) is 10.7. The molecule has 2 rings (SSSR count). The third kappa shape index (κ3) is 3.53. The van der Waals surface area contributed by atoms with E-state index in [4.69, 9.17) is 9.47 Å². The highest BCUT2D eigenvalue weighted by atomic mass is 16.5. The van der Waals surface area contributed by atoms with E-state index in [1.807, 2.05) is 6.92 Å². The second-order valence-electron chi connectivity index (χ2n) is 4.46. The number of ketones is 1. The van der Waals surface area contributed by atoms with E-state index in [1.165, 1.54) is 6.42 Å². The zero-order valence-corrected chi connectivity index (χ0v) is 10.7. The van der Waals surface area contributed by atoms with E-state index in [-0.39, 0.29) is 11.9 Å². The quantitative estimate of drug-likeness (QED) is 0.753. The molecule has 1 fully saturated rings. The van der Waals surface area contributed by atoms with Gasteiger partial charge in [-0.15, -0.1) is 0 Å². The van der Waals surface area contributed by atoms with Crippen molar-refractivity contribution in [1.82, 2.24) is 4.98 Å². The van der Waals surface area contributed by atoms with Crippen LogP contribution in [-0.2, 0) is 4.74 Å². The minimum Gasteiger partial charge on any atom is -0.489 e. The summed E-state index contributed by atoms with van der Waals surface area (Å²) in [6.45, 7) is 3.22. The minimum atomic E-state index is 0.0529. The number of carbonyl (C=O) groups is 1. The second kappa shape index (κ2) is 6.50. The van der Waals surface area contributed by atoms with Crippen molar-refractivity contribution >= 4 is 5.78 Å². The van der Waals surface area contributed by atoms with Gasteiger partial charge < -0.3 is 9.47 Å². The van der Waals surface area contributed by atoms with Crippen LogP contribution in [0.25, 0.3) is 0 Å². The lowest BCUT2D eigenvalue weighted by Crippen LogP contribution is -2.25. The van der Waals surface area contributed by atoms with Crippen LogP contribution in [0, 0.1) is 0 Å². The second-order valence-corrected chi connectivity index (χ2v) is 4.46. The average molecular weight is 249 g/mol. The molecule has 1 aliphatic heterocycles. The normalized spacial score (nSPS) is 19.5. The third-order valence-electron chi connectivity index (χ3n) is 3.05. The van der Waals surface area contributed by atoms with E-state index in [2.05, 4.69) is 4.98 Å². The van der Waals surface area contributed by atoms with E-state index >= 15 is 0 Å². The predicted octanol–water partition coefficient (Wildman–Crippen LogP) is 2.62. The van der Waals surface area contributed by atoms with Gasteiger partial charge in [0.2, 0.25) is 0 Å². The van der Waals surface area contributed by atoms with Crippen LogP contribution < -0.4 is 4.74 Å². The molecule has 2 heterocycles. The van der Waals surface area contributed by atoms with Crippen LogP contribution in [-0.4, -0.2) is 30.1 Å². The van der Waals surface area contributed by atoms with Crippen LogP contribution in [0.2, 0.25) is 0 Å². The van der Waals surface area contributed by atoms with Crippen molar-refractivity contribution in [3.8, 4) is 5.75 Å². The zero-order chi connectivity index (χ0) is 12.8. The van der Waals surface area contributed by atoms with Crippen molar-refractivity contribution in [2.45, 2.75) is 38.7 Å². The fourth-order valence-electron chi connectivity index (χ4n) is 1.94. The number of aromatic nitrogens is 1. The Hall–Kier alpha value is -1.42. The molecule has 1 aromatic heterocycles. The maximum absolute atomic E-state index is 11.4. The van der Waals surface area contributed by atoms with Crippen LogP contribution in [0.5, 0.6) is 5.75 Å². The Bertz CT molecular complexity index is 383. The summed E-state index contributed by atoms with van der Waals surface area (Å²) in [7, 11) is 0. The molecule has 18 heavy (non-hydrogen) atoms. The first-order chi connectivity index (χ1) is 8.79. The molecule has 0 radical (unpaired) electrons. The van der Waals surface area contributed by atoms with E-state index in [1.54, 1.807) is 18.3 Å². The number of hydrogen-bond acceptors (Lipinski definition) is 4. The van der Waals surface area contributed by atoms with Crippen LogP contribution in [0.15, 0.2) is 18.3 Å². The molecule has 1 aromatic rings. The highest BCUT2D eigenvalue weighted by Crippen LogP contribution is 2.15. The highest BCUT2D eigenvalue weighted by molar-refractivity contribution is 5.93. The lowest BCUT2D eigenvalue weighted by atomic mass is 10.1. The van der Waals surface area contributed by atoms with Crippen molar-refractivity contribution in [2.24, 2.45) is 0 Å². The third-order valence-corrected chi connectivity index (χ3v) is 3.05. The maximum Gasteiger partial charge on any atom is 0.180 e. The van der Waals surface area contributed by atoms with Crippen LogP contribution >= 0.6 is 0 Å². The number of nitrogens with zero attached hydrogens (tertiary/aromatic N) is 1. The molecular formula is C14H19NO3. The Labute approximate surface area is 107 Å². The van der Waals surface area contributed by atoms with Crippen molar-refractivity contribution < 1.29 is 14.3 Å². The van der Waals surface area contributed by atoms with Crippen molar-refractivity contribution in [2.75, 3.05) is 13.2 Å². The molecule has 4 heteroatoms. The van der Waals surface area contributed by atoms with Crippen molar-refractivity contribution in [3.05, 3.63) is 24.0 Å². The van der Waals surface area contributed by atoms with Gasteiger partial charge in [0, 0.05) is 13.0 Å². The highest BCUT2D eigenvalue weighted by Gasteiger charge is 2.14. The van der Waals surface area contributed by atoms with Gasteiger partial charge in [-0.1, -0.05) is 6.92 Å². The first kappa shape index (κ1) is 13.0. The van der Waals surface area contributed by atoms with Gasteiger partial charge in [-0.3, -0.25) is 4.79 Å². The SMILES string of the molecule is CCC(=O)c1ccc(OCC2CCCCO2)cn1. The van der Waals surface area contributed by atoms with Gasteiger partial charge >= 0.3 is 0 Å². The molecule has 1 saturated heterocycles. The average Bonchev–Trinajstić information content (AvgIpc) is 2.46. The van der Waals surface area contributed by atoms with Gasteiger partial charge in [0.05, 0.1) is 12.3 Å². The summed E-state index contributed by atoms with van der Waals surface area (Å²) in [4.78, 5) is 15.5. The number of Topliss-reactive ketones (excluding diaryl/α,β-unsaturated/α-hetero) is 1. The van der Waals surface area contributed by atoms with Gasteiger partial charge in [0.15, 0.2) is 5.78 Å². The number of ether oxygens (including phenoxy) is 2. The molecule has 4 nitrogen and oxygen atoms in total. The first-order valence-electron chi connectivity index (χ1n) is 6.53. The fraction of sp³-hybridized carbons (Fsp3) is 0.571. The molecule has 0 aliphatic carbocycles. The van der Waals surface area contributed by atoms with E-state index in [0.29, 0.717) is 24.5 Å². The lowest BCUT2D eigenvalue weighted by Gasteiger charge is -2.22. The fourth-order valence-corrected chi connectivity index (χ4v) is 1.94. The Balaban J connectivity index is 1.84. The van der Waals surface area contributed by atoms with Gasteiger partial charge in [-0.25, -0.2) is 4.98 Å². The lowest BCUT2D eigenvalue weighted by molar-refractivity contribution is -0.0111. The molecule has 1 unspecified atom stereocenters. The topological polar surface area (TPSA) is 48.4 Å². The smallest absolute Gasteiger partial charge is 0.180 e. The van der Waals surface area contributed by atoms with Crippen LogP contribution in [0.4, 0.5) is 0 Å². The summed E-state index contributed by atoms with van der Waals surface area (Å²) >= 11 is 0. The van der Waals surface area contributed by atoms with Crippen LogP contribution in [0.1, 0.15) is 43.1 Å². The molecule has 0 saturated carbocycles. The van der Waals surface area contributed by atoms with Crippen molar-refractivity contribution in [3.63, 3.8) is 0 Å². The van der Waals surface area contributed by atoms with E-state index < -0.39 is 0 Å². The standard InChI is InChI=1S/C14H19NO3/c1-2-14(16)13-7-6-11(9-15-13)18-10-12-5-3-4-8-17-12/h6-7,9,12H,2-5,8,10H2,1H3. The molecule has 0 bridgehead atoms. The van der Waals surface area contributed by atoms with Crippen LogP contribution in [0.3, 0.4) is 0 Å². The Kier molecular flexibility index (Phi) is 4.70. The molecule has 0 amide bonds. The Morgan fingerprint density at radius 3 is 3.00 bits per heavy atom. The molecule has 0 N–H and O–H groups in total. The van der Waals surface area contributed by atoms with Gasteiger partial charge in [-0.05, 0) is 31.4 Å². The van der Waals surface area contributed by atoms with Gasteiger partial charge in [-0.2, -0.15) is 0 Å². The number of carbonyl (C=O) groups excluding carboxylic acids is 1. The maximum atomic E-state index is 11.4. The summed E-state index contributed by atoms with van der Waals surface area (Å²) in [5.74, 6) is 0.744. The number of rotatable bonds is 5. The molecular weight excluding hydrogens is 230 g/mol. The van der Waals surface area contributed by atoms with E-state index in [9.17, 15) is 4.79 Å². The number of pyridine rings is 1. The van der Waals surface area contributed by atoms with Gasteiger partial charge in [0.25, 0.3) is 0 Å². The van der Waals surface area contributed by atoms with Crippen molar-refractivity contribution in [1.29, 1.82) is 0 Å². The summed E-state index contributed by atoms with van der Waals surface area (Å²) in [6, 6.07) is 3.50. The van der Waals surface area contributed by atoms with Gasteiger partial charge in [0.1, 0.15) is 18.1 Å². The van der Waals surface area contributed by atoms with E-state index in [0.717, 1.165) is 19.4 Å². The predicted molar refractivity (Wildman–Crippen MR) is 67.9 cm³/mol. The summed E-state index contributed by atoms with van der Waals surface area (Å²) in [5, 5.41) is 0. The Morgan fingerprint density at radius 2 is 2.39 bits per heavy atom. The minimum absolute atomic E-state index is 0.0529. The summed E-state index contributed by atoms with van der Waals surface area (Å²) < 4.78 is 11.2. The summed E-state index contributed by atoms with van der Waals surface area (Å²) in [6.07, 6.45) is 5.67. The molecule has 0 aromatic carbocycles.